The Morgan fingerprint density at radius 2 is 1.19 bits per heavy atom. The smallest absolute Gasteiger partial charge is 0.171 e. The summed E-state index contributed by atoms with van der Waals surface area (Å²) in [6.45, 7) is 0. The van der Waals surface area contributed by atoms with Gasteiger partial charge >= 0.3 is 0 Å². The van der Waals surface area contributed by atoms with E-state index in [4.69, 9.17) is 0 Å². The average molecular weight is 468 g/mol. The number of hydrogen-bond donors (Lipinski definition) is 0. The number of benzene rings is 3. The van der Waals surface area contributed by atoms with Crippen LogP contribution in [0.3, 0.4) is 0 Å². The first-order chi connectivity index (χ1) is 12.5. The maximum absolute atomic E-state index is 13.2. The minimum Gasteiger partial charge on any atom is -0.293 e. The van der Waals surface area contributed by atoms with Crippen molar-refractivity contribution in [2.24, 2.45) is 11.8 Å². The van der Waals surface area contributed by atoms with E-state index in [9.17, 15) is 9.59 Å². The van der Waals surface area contributed by atoms with E-state index in [0.29, 0.717) is 11.1 Å². The van der Waals surface area contributed by atoms with E-state index in [2.05, 4.69) is 31.9 Å². The fraction of sp³-hybridized carbons (Fsp3) is 0.0909. The van der Waals surface area contributed by atoms with Gasteiger partial charge in [0.15, 0.2) is 11.6 Å². The van der Waals surface area contributed by atoms with E-state index in [1.165, 1.54) is 0 Å². The lowest BCUT2D eigenvalue weighted by molar-refractivity contribution is 0.0820. The summed E-state index contributed by atoms with van der Waals surface area (Å²) in [5.74, 6) is -0.800. The van der Waals surface area contributed by atoms with Crippen LogP contribution in [0.1, 0.15) is 20.7 Å². The molecule has 4 heteroatoms. The standard InChI is InChI=1S/C22H12Br2O2/c23-15-3-1-11-7-17-19(9-13(11)5-15)22(26)18-8-12-2-4-16(24)6-14(12)10-20(18)21(17)25/h1-10,17,19H. The summed E-state index contributed by atoms with van der Waals surface area (Å²) in [7, 11) is 0. The van der Waals surface area contributed by atoms with Crippen molar-refractivity contribution in [3.05, 3.63) is 79.0 Å². The Bertz CT molecular complexity index is 1260. The summed E-state index contributed by atoms with van der Waals surface area (Å²) in [5.41, 5.74) is 1.07. The van der Waals surface area contributed by atoms with Crippen molar-refractivity contribution in [2.75, 3.05) is 0 Å². The Labute approximate surface area is 166 Å². The van der Waals surface area contributed by atoms with Crippen LogP contribution in [0.5, 0.6) is 0 Å². The molecular formula is C22H12Br2O2. The molecule has 26 heavy (non-hydrogen) atoms. The number of fused-ring (bicyclic) bond motifs is 4. The second kappa shape index (κ2) is 5.73. The first-order valence-electron chi connectivity index (χ1n) is 8.32. The summed E-state index contributed by atoms with van der Waals surface area (Å²) in [6, 6.07) is 15.5. The number of Topliss-reactive ketones (excluding diaryl/α,β-unsaturated/α-hetero) is 2. The molecule has 0 fully saturated rings. The van der Waals surface area contributed by atoms with Gasteiger partial charge in [-0.05, 0) is 57.6 Å². The van der Waals surface area contributed by atoms with E-state index >= 15 is 0 Å². The van der Waals surface area contributed by atoms with Crippen LogP contribution in [-0.4, -0.2) is 11.6 Å². The Hall–Kier alpha value is -2.04. The molecule has 126 valence electrons. The Morgan fingerprint density at radius 1 is 0.615 bits per heavy atom. The molecule has 0 amide bonds. The van der Waals surface area contributed by atoms with E-state index in [1.54, 1.807) is 0 Å². The summed E-state index contributed by atoms with van der Waals surface area (Å²) in [4.78, 5) is 26.4. The quantitative estimate of drug-likeness (QED) is 0.495. The molecule has 0 heterocycles. The van der Waals surface area contributed by atoms with E-state index in [1.807, 2.05) is 60.7 Å². The first-order valence-corrected chi connectivity index (χ1v) is 9.91. The summed E-state index contributed by atoms with van der Waals surface area (Å²) in [6.07, 6.45) is 3.89. The van der Waals surface area contributed by atoms with Crippen LogP contribution in [0.15, 0.2) is 57.5 Å². The van der Waals surface area contributed by atoms with Gasteiger partial charge in [-0.2, -0.15) is 0 Å². The SMILES string of the molecule is O=C1c2cc3ccc(Br)cc3cc2C(=O)C2C=c3ccc(Br)cc3=CC12. The Morgan fingerprint density at radius 3 is 1.92 bits per heavy atom. The molecule has 0 aliphatic heterocycles. The molecule has 3 aromatic carbocycles. The maximum Gasteiger partial charge on any atom is 0.171 e. The van der Waals surface area contributed by atoms with E-state index < -0.39 is 11.8 Å². The van der Waals surface area contributed by atoms with Gasteiger partial charge in [-0.15, -0.1) is 0 Å². The molecule has 0 saturated heterocycles. The van der Waals surface area contributed by atoms with Gasteiger partial charge in [0.2, 0.25) is 0 Å². The predicted octanol–water partition coefficient (Wildman–Crippen LogP) is 4.25. The second-order valence-electron chi connectivity index (χ2n) is 6.78. The number of hydrogen-bond acceptors (Lipinski definition) is 2. The van der Waals surface area contributed by atoms with Gasteiger partial charge in [0.25, 0.3) is 0 Å². The van der Waals surface area contributed by atoms with Crippen LogP contribution >= 0.6 is 31.9 Å². The van der Waals surface area contributed by atoms with Gasteiger partial charge in [0.05, 0.1) is 11.8 Å². The number of ketones is 2. The van der Waals surface area contributed by atoms with Crippen LogP contribution in [-0.2, 0) is 0 Å². The molecule has 0 spiro atoms. The van der Waals surface area contributed by atoms with Gasteiger partial charge in [-0.25, -0.2) is 0 Å². The first kappa shape index (κ1) is 16.2. The van der Waals surface area contributed by atoms with Gasteiger partial charge < -0.3 is 0 Å². The molecule has 2 nitrogen and oxygen atoms in total. The van der Waals surface area contributed by atoms with Crippen LogP contribution in [0, 0.1) is 11.8 Å². The number of carbonyl (C=O) groups is 2. The van der Waals surface area contributed by atoms with Crippen molar-refractivity contribution in [1.29, 1.82) is 0 Å². The van der Waals surface area contributed by atoms with Crippen molar-refractivity contribution in [3.8, 4) is 0 Å². The van der Waals surface area contributed by atoms with Crippen molar-refractivity contribution in [2.45, 2.75) is 0 Å². The largest absolute Gasteiger partial charge is 0.293 e. The molecule has 2 aliphatic carbocycles. The Kier molecular flexibility index (Phi) is 3.56. The zero-order chi connectivity index (χ0) is 18.0. The van der Waals surface area contributed by atoms with Gasteiger partial charge in [-0.3, -0.25) is 9.59 Å². The van der Waals surface area contributed by atoms with Crippen molar-refractivity contribution >= 4 is 66.4 Å². The fourth-order valence-corrected chi connectivity index (χ4v) is 4.71. The van der Waals surface area contributed by atoms with Gasteiger partial charge in [0.1, 0.15) is 0 Å². The molecule has 2 aliphatic rings. The highest BCUT2D eigenvalue weighted by Gasteiger charge is 2.40. The minimum atomic E-state index is -0.426. The normalized spacial score (nSPS) is 20.7. The third-order valence-corrected chi connectivity index (χ3v) is 6.22. The average Bonchev–Trinajstić information content (AvgIpc) is 2.63. The third-order valence-electron chi connectivity index (χ3n) is 5.23. The predicted molar refractivity (Wildman–Crippen MR) is 110 cm³/mol. The zero-order valence-electron chi connectivity index (χ0n) is 13.5. The molecule has 0 aromatic heterocycles. The van der Waals surface area contributed by atoms with Crippen molar-refractivity contribution in [3.63, 3.8) is 0 Å². The highest BCUT2D eigenvalue weighted by molar-refractivity contribution is 9.10. The molecule has 0 saturated carbocycles. The van der Waals surface area contributed by atoms with Crippen LogP contribution in [0.4, 0.5) is 0 Å². The molecule has 0 N–H and O–H groups in total. The van der Waals surface area contributed by atoms with Gasteiger partial charge in [0, 0.05) is 20.1 Å². The zero-order valence-corrected chi connectivity index (χ0v) is 16.7. The van der Waals surface area contributed by atoms with E-state index in [0.717, 1.165) is 30.2 Å². The minimum absolute atomic E-state index is 0.0243. The third kappa shape index (κ3) is 2.36. The van der Waals surface area contributed by atoms with Crippen LogP contribution in [0.25, 0.3) is 22.9 Å². The molecule has 2 unspecified atom stereocenters. The number of halogens is 2. The lowest BCUT2D eigenvalue weighted by Crippen LogP contribution is -2.42. The lowest BCUT2D eigenvalue weighted by Gasteiger charge is -2.29. The van der Waals surface area contributed by atoms with Crippen molar-refractivity contribution < 1.29 is 9.59 Å². The molecule has 3 aromatic rings. The summed E-state index contributed by atoms with van der Waals surface area (Å²) >= 11 is 6.94. The number of rotatable bonds is 0. The topological polar surface area (TPSA) is 34.1 Å². The molecule has 2 atom stereocenters. The highest BCUT2D eigenvalue weighted by atomic mass is 79.9. The monoisotopic (exact) mass is 466 g/mol. The van der Waals surface area contributed by atoms with Crippen LogP contribution in [0.2, 0.25) is 0 Å². The summed E-state index contributed by atoms with van der Waals surface area (Å²) < 4.78 is 1.92. The second-order valence-corrected chi connectivity index (χ2v) is 8.61. The number of carbonyl (C=O) groups excluding carboxylic acids is 2. The molecule has 0 bridgehead atoms. The van der Waals surface area contributed by atoms with Crippen molar-refractivity contribution in [1.82, 2.24) is 0 Å². The lowest BCUT2D eigenvalue weighted by atomic mass is 9.71. The highest BCUT2D eigenvalue weighted by Crippen LogP contribution is 2.36. The maximum atomic E-state index is 13.2. The summed E-state index contributed by atoms with van der Waals surface area (Å²) in [5, 5.41) is 3.92. The van der Waals surface area contributed by atoms with Crippen LogP contribution < -0.4 is 10.4 Å². The van der Waals surface area contributed by atoms with E-state index in [-0.39, 0.29) is 11.6 Å². The molecular weight excluding hydrogens is 456 g/mol. The Balaban J connectivity index is 1.76. The fourth-order valence-electron chi connectivity index (χ4n) is 3.95. The molecule has 5 rings (SSSR count). The molecule has 0 radical (unpaired) electrons. The van der Waals surface area contributed by atoms with Gasteiger partial charge in [-0.1, -0.05) is 56.1 Å².